The average molecular weight is 201 g/mol. The summed E-state index contributed by atoms with van der Waals surface area (Å²) in [5.41, 5.74) is 0. The van der Waals surface area contributed by atoms with E-state index in [1.54, 1.807) is 0 Å². The Morgan fingerprint density at radius 2 is 2.31 bits per heavy atom. The number of nitrogens with one attached hydrogen (secondary N) is 1. The number of hydrogen-bond acceptors (Lipinski definition) is 5. The summed E-state index contributed by atoms with van der Waals surface area (Å²) in [6.45, 7) is 3.63. The molecule has 1 aromatic heterocycles. The van der Waals surface area contributed by atoms with Crippen LogP contribution < -0.4 is 10.1 Å². The summed E-state index contributed by atoms with van der Waals surface area (Å²) in [7, 11) is 1.89. The lowest BCUT2D eigenvalue weighted by Gasteiger charge is -1.97. The Labute approximate surface area is 82.3 Å². The molecule has 5 heteroatoms. The highest BCUT2D eigenvalue weighted by atomic mass is 32.1. The lowest BCUT2D eigenvalue weighted by molar-refractivity contribution is 0.305. The van der Waals surface area contributed by atoms with Gasteiger partial charge in [0.2, 0.25) is 0 Å². The van der Waals surface area contributed by atoms with Gasteiger partial charge in [-0.1, -0.05) is 24.7 Å². The summed E-state index contributed by atoms with van der Waals surface area (Å²) < 4.78 is 5.39. The van der Waals surface area contributed by atoms with Gasteiger partial charge in [0, 0.05) is 6.54 Å². The molecular formula is C8H15N3OS. The van der Waals surface area contributed by atoms with Gasteiger partial charge in [-0.05, 0) is 13.5 Å². The van der Waals surface area contributed by atoms with Gasteiger partial charge in [-0.2, -0.15) is 0 Å². The second-order valence-electron chi connectivity index (χ2n) is 2.69. The molecule has 0 spiro atoms. The van der Waals surface area contributed by atoms with Crippen LogP contribution in [-0.2, 0) is 6.54 Å². The molecule has 74 valence electrons. The van der Waals surface area contributed by atoms with Gasteiger partial charge in [0.05, 0.1) is 6.61 Å². The van der Waals surface area contributed by atoms with E-state index in [0.717, 1.165) is 31.0 Å². The molecule has 0 unspecified atom stereocenters. The molecule has 0 saturated carbocycles. The molecule has 0 aliphatic rings. The van der Waals surface area contributed by atoms with E-state index >= 15 is 0 Å². The van der Waals surface area contributed by atoms with Crippen LogP contribution in [0.5, 0.6) is 5.19 Å². The topological polar surface area (TPSA) is 47.0 Å². The molecule has 0 radical (unpaired) electrons. The third kappa shape index (κ3) is 3.69. The first-order valence-corrected chi connectivity index (χ1v) is 5.28. The predicted molar refractivity (Wildman–Crippen MR) is 53.1 cm³/mol. The number of nitrogens with zero attached hydrogens (tertiary/aromatic N) is 2. The minimum Gasteiger partial charge on any atom is -0.469 e. The second kappa shape index (κ2) is 5.88. The fourth-order valence-electron chi connectivity index (χ4n) is 0.823. The van der Waals surface area contributed by atoms with Crippen molar-refractivity contribution in [1.82, 2.24) is 15.5 Å². The van der Waals surface area contributed by atoms with E-state index in [9.17, 15) is 0 Å². The van der Waals surface area contributed by atoms with Crippen molar-refractivity contribution in [3.63, 3.8) is 0 Å². The number of hydrogen-bond donors (Lipinski definition) is 1. The number of unbranched alkanes of at least 4 members (excludes halogenated alkanes) is 1. The molecule has 13 heavy (non-hydrogen) atoms. The average Bonchev–Trinajstić information content (AvgIpc) is 2.54. The maximum Gasteiger partial charge on any atom is 0.294 e. The third-order valence-corrected chi connectivity index (χ3v) is 2.34. The highest BCUT2D eigenvalue weighted by molar-refractivity contribution is 7.13. The molecule has 0 fully saturated rings. The first-order chi connectivity index (χ1) is 6.36. The van der Waals surface area contributed by atoms with Crippen LogP contribution in [0.15, 0.2) is 0 Å². The molecule has 0 aromatic carbocycles. The molecule has 1 heterocycles. The summed E-state index contributed by atoms with van der Waals surface area (Å²) in [4.78, 5) is 0. The van der Waals surface area contributed by atoms with Crippen molar-refractivity contribution in [2.24, 2.45) is 0 Å². The highest BCUT2D eigenvalue weighted by Crippen LogP contribution is 2.17. The zero-order valence-electron chi connectivity index (χ0n) is 8.04. The van der Waals surface area contributed by atoms with E-state index in [2.05, 4.69) is 22.4 Å². The van der Waals surface area contributed by atoms with Gasteiger partial charge in [0.15, 0.2) is 0 Å². The van der Waals surface area contributed by atoms with Crippen molar-refractivity contribution >= 4 is 11.3 Å². The number of rotatable bonds is 6. The van der Waals surface area contributed by atoms with Crippen LogP contribution in [0, 0.1) is 0 Å². The van der Waals surface area contributed by atoms with Crippen molar-refractivity contribution in [1.29, 1.82) is 0 Å². The molecule has 0 atom stereocenters. The van der Waals surface area contributed by atoms with Gasteiger partial charge in [-0.3, -0.25) is 0 Å². The Hall–Kier alpha value is -0.680. The fourth-order valence-corrected chi connectivity index (χ4v) is 1.55. The quantitative estimate of drug-likeness (QED) is 0.707. The van der Waals surface area contributed by atoms with Gasteiger partial charge in [-0.25, -0.2) is 0 Å². The molecule has 4 nitrogen and oxygen atoms in total. The van der Waals surface area contributed by atoms with E-state index in [-0.39, 0.29) is 0 Å². The van der Waals surface area contributed by atoms with Crippen molar-refractivity contribution in [3.8, 4) is 5.19 Å². The van der Waals surface area contributed by atoms with Crippen LogP contribution in [0.2, 0.25) is 0 Å². The zero-order valence-corrected chi connectivity index (χ0v) is 8.86. The Morgan fingerprint density at radius 1 is 1.46 bits per heavy atom. The fraction of sp³-hybridized carbons (Fsp3) is 0.750. The highest BCUT2D eigenvalue weighted by Gasteiger charge is 2.02. The first kappa shape index (κ1) is 10.4. The lowest BCUT2D eigenvalue weighted by Crippen LogP contribution is -2.04. The Morgan fingerprint density at radius 3 is 3.00 bits per heavy atom. The van der Waals surface area contributed by atoms with E-state index in [4.69, 9.17) is 4.74 Å². The van der Waals surface area contributed by atoms with Crippen LogP contribution in [-0.4, -0.2) is 23.9 Å². The van der Waals surface area contributed by atoms with E-state index in [0.29, 0.717) is 5.19 Å². The number of aromatic nitrogens is 2. The zero-order chi connectivity index (χ0) is 9.52. The minimum atomic E-state index is 0.679. The summed E-state index contributed by atoms with van der Waals surface area (Å²) in [5, 5.41) is 12.5. The standard InChI is InChI=1S/C8H15N3OS/c1-3-4-5-12-8-11-10-7(13-8)6-9-2/h9H,3-6H2,1-2H3. The molecule has 0 aliphatic carbocycles. The Kier molecular flexibility index (Phi) is 4.70. The monoisotopic (exact) mass is 201 g/mol. The molecule has 0 saturated heterocycles. The Bertz CT molecular complexity index is 239. The Balaban J connectivity index is 2.31. The first-order valence-electron chi connectivity index (χ1n) is 4.46. The maximum absolute atomic E-state index is 5.39. The lowest BCUT2D eigenvalue weighted by atomic mass is 10.4. The predicted octanol–water partition coefficient (Wildman–Crippen LogP) is 1.44. The van der Waals surface area contributed by atoms with Gasteiger partial charge < -0.3 is 10.1 Å². The van der Waals surface area contributed by atoms with Crippen molar-refractivity contribution in [2.75, 3.05) is 13.7 Å². The van der Waals surface area contributed by atoms with Crippen LogP contribution in [0.4, 0.5) is 0 Å². The largest absolute Gasteiger partial charge is 0.469 e. The molecule has 0 amide bonds. The number of ether oxygens (including phenoxy) is 1. The molecule has 1 rings (SSSR count). The SMILES string of the molecule is CCCCOc1nnc(CNC)s1. The summed E-state index contributed by atoms with van der Waals surface area (Å²) in [5.74, 6) is 0. The minimum absolute atomic E-state index is 0.679. The summed E-state index contributed by atoms with van der Waals surface area (Å²) in [6.07, 6.45) is 2.21. The van der Waals surface area contributed by atoms with Gasteiger partial charge in [0.25, 0.3) is 5.19 Å². The van der Waals surface area contributed by atoms with Crippen LogP contribution >= 0.6 is 11.3 Å². The van der Waals surface area contributed by atoms with Crippen LogP contribution in [0.25, 0.3) is 0 Å². The normalized spacial score (nSPS) is 10.3. The van der Waals surface area contributed by atoms with Crippen LogP contribution in [0.1, 0.15) is 24.8 Å². The van der Waals surface area contributed by atoms with Crippen molar-refractivity contribution < 1.29 is 4.74 Å². The van der Waals surface area contributed by atoms with Gasteiger partial charge in [0.1, 0.15) is 5.01 Å². The molecule has 1 aromatic rings. The van der Waals surface area contributed by atoms with Crippen LogP contribution in [0.3, 0.4) is 0 Å². The molecule has 1 N–H and O–H groups in total. The van der Waals surface area contributed by atoms with E-state index < -0.39 is 0 Å². The summed E-state index contributed by atoms with van der Waals surface area (Å²) in [6, 6.07) is 0. The van der Waals surface area contributed by atoms with Crippen molar-refractivity contribution in [2.45, 2.75) is 26.3 Å². The van der Waals surface area contributed by atoms with Crippen molar-refractivity contribution in [3.05, 3.63) is 5.01 Å². The second-order valence-corrected chi connectivity index (χ2v) is 3.72. The maximum atomic E-state index is 5.39. The van der Waals surface area contributed by atoms with Gasteiger partial charge in [-0.15, -0.1) is 10.2 Å². The summed E-state index contributed by atoms with van der Waals surface area (Å²) >= 11 is 1.50. The van der Waals surface area contributed by atoms with E-state index in [1.165, 1.54) is 11.3 Å². The smallest absolute Gasteiger partial charge is 0.294 e. The van der Waals surface area contributed by atoms with Gasteiger partial charge >= 0.3 is 0 Å². The molecular weight excluding hydrogens is 186 g/mol. The third-order valence-electron chi connectivity index (χ3n) is 1.50. The molecule has 0 bridgehead atoms. The van der Waals surface area contributed by atoms with E-state index in [1.807, 2.05) is 7.05 Å². The molecule has 0 aliphatic heterocycles.